The molecule has 1 aromatic rings. The number of amides is 1. The van der Waals surface area contributed by atoms with Crippen LogP contribution < -0.4 is 10.6 Å². The molecule has 0 bridgehead atoms. The Morgan fingerprint density at radius 1 is 1.50 bits per heavy atom. The molecule has 0 spiro atoms. The Morgan fingerprint density at radius 3 is 2.80 bits per heavy atom. The average molecular weight is 276 g/mol. The van der Waals surface area contributed by atoms with E-state index in [9.17, 15) is 4.79 Å². The topological polar surface area (TPSA) is 62.5 Å². The smallest absolute Gasteiger partial charge is 0.255 e. The zero-order valence-corrected chi connectivity index (χ0v) is 12.5. The van der Waals surface area contributed by atoms with Gasteiger partial charge in [0.15, 0.2) is 0 Å². The molecule has 0 aromatic carbocycles. The zero-order valence-electron chi connectivity index (χ0n) is 12.5. The summed E-state index contributed by atoms with van der Waals surface area (Å²) >= 11 is 0. The van der Waals surface area contributed by atoms with E-state index in [1.165, 1.54) is 0 Å². The van der Waals surface area contributed by atoms with Crippen LogP contribution in [0.15, 0.2) is 18.3 Å². The molecule has 2 rings (SSSR count). The standard InChI is InChI=1S/C15H24N4O/c1-11-6-7-19(13(8-11)9-16)15(20)12-4-5-14(17-10-12)18(2)3/h4-5,10-11,13H,6-9,16H2,1-3H3. The molecule has 1 aliphatic heterocycles. The lowest BCUT2D eigenvalue weighted by atomic mass is 9.92. The van der Waals surface area contributed by atoms with Gasteiger partial charge in [-0.1, -0.05) is 6.92 Å². The van der Waals surface area contributed by atoms with Gasteiger partial charge in [-0.25, -0.2) is 4.98 Å². The number of anilines is 1. The minimum absolute atomic E-state index is 0.0464. The molecule has 1 amide bonds. The molecular formula is C15H24N4O. The third-order valence-corrected chi connectivity index (χ3v) is 3.96. The maximum absolute atomic E-state index is 12.6. The van der Waals surface area contributed by atoms with Gasteiger partial charge in [-0.3, -0.25) is 4.79 Å². The summed E-state index contributed by atoms with van der Waals surface area (Å²) in [4.78, 5) is 20.7. The Bertz CT molecular complexity index is 457. The number of aromatic nitrogens is 1. The van der Waals surface area contributed by atoms with E-state index in [0.29, 0.717) is 18.0 Å². The number of likely N-dealkylation sites (tertiary alicyclic amines) is 1. The first-order valence-electron chi connectivity index (χ1n) is 7.17. The van der Waals surface area contributed by atoms with Crippen LogP contribution in [0.1, 0.15) is 30.1 Å². The van der Waals surface area contributed by atoms with E-state index in [-0.39, 0.29) is 11.9 Å². The van der Waals surface area contributed by atoms with Crippen molar-refractivity contribution in [1.29, 1.82) is 0 Å². The number of nitrogens with two attached hydrogens (primary N) is 1. The van der Waals surface area contributed by atoms with E-state index in [1.807, 2.05) is 36.0 Å². The Balaban J connectivity index is 2.13. The van der Waals surface area contributed by atoms with Gasteiger partial charge in [0.2, 0.25) is 0 Å². The highest BCUT2D eigenvalue weighted by Crippen LogP contribution is 2.23. The zero-order chi connectivity index (χ0) is 14.7. The van der Waals surface area contributed by atoms with Gasteiger partial charge in [0.25, 0.3) is 5.91 Å². The highest BCUT2D eigenvalue weighted by molar-refractivity contribution is 5.94. The third kappa shape index (κ3) is 3.10. The lowest BCUT2D eigenvalue weighted by molar-refractivity contribution is 0.0573. The maximum atomic E-state index is 12.6. The molecule has 1 saturated heterocycles. The first kappa shape index (κ1) is 14.8. The van der Waals surface area contributed by atoms with Crippen LogP contribution in [-0.4, -0.2) is 49.0 Å². The number of hydrogen-bond donors (Lipinski definition) is 1. The van der Waals surface area contributed by atoms with Crippen molar-refractivity contribution in [3.63, 3.8) is 0 Å². The Labute approximate surface area is 120 Å². The lowest BCUT2D eigenvalue weighted by Gasteiger charge is -2.38. The summed E-state index contributed by atoms with van der Waals surface area (Å²) in [7, 11) is 3.86. The van der Waals surface area contributed by atoms with Gasteiger partial charge < -0.3 is 15.5 Å². The van der Waals surface area contributed by atoms with E-state index in [2.05, 4.69) is 11.9 Å². The fourth-order valence-corrected chi connectivity index (χ4v) is 2.69. The molecule has 2 heterocycles. The van der Waals surface area contributed by atoms with Crippen molar-refractivity contribution in [3.8, 4) is 0 Å². The largest absolute Gasteiger partial charge is 0.363 e. The molecule has 0 radical (unpaired) electrons. The van der Waals surface area contributed by atoms with Crippen molar-refractivity contribution in [2.45, 2.75) is 25.8 Å². The summed E-state index contributed by atoms with van der Waals surface area (Å²) < 4.78 is 0. The van der Waals surface area contributed by atoms with E-state index < -0.39 is 0 Å². The van der Waals surface area contributed by atoms with E-state index >= 15 is 0 Å². The lowest BCUT2D eigenvalue weighted by Crippen LogP contribution is -2.49. The Kier molecular flexibility index (Phi) is 4.60. The summed E-state index contributed by atoms with van der Waals surface area (Å²) in [5.74, 6) is 1.54. The van der Waals surface area contributed by atoms with Crippen molar-refractivity contribution in [2.75, 3.05) is 32.1 Å². The van der Waals surface area contributed by atoms with E-state index in [1.54, 1.807) is 6.20 Å². The van der Waals surface area contributed by atoms with Gasteiger partial charge in [-0.2, -0.15) is 0 Å². The van der Waals surface area contributed by atoms with Crippen LogP contribution in [0.5, 0.6) is 0 Å². The summed E-state index contributed by atoms with van der Waals surface area (Å²) in [6.07, 6.45) is 3.69. The molecule has 0 saturated carbocycles. The summed E-state index contributed by atoms with van der Waals surface area (Å²) in [5, 5.41) is 0. The molecule has 2 unspecified atom stereocenters. The maximum Gasteiger partial charge on any atom is 0.255 e. The normalized spacial score (nSPS) is 22.7. The quantitative estimate of drug-likeness (QED) is 0.905. The SMILES string of the molecule is CC1CCN(C(=O)c2ccc(N(C)C)nc2)C(CN)C1. The van der Waals surface area contributed by atoms with Crippen LogP contribution >= 0.6 is 0 Å². The molecule has 20 heavy (non-hydrogen) atoms. The van der Waals surface area contributed by atoms with Crippen molar-refractivity contribution < 1.29 is 4.79 Å². The molecule has 2 atom stereocenters. The Morgan fingerprint density at radius 2 is 2.25 bits per heavy atom. The predicted molar refractivity (Wildman–Crippen MR) is 80.8 cm³/mol. The second-order valence-electron chi connectivity index (χ2n) is 5.82. The third-order valence-electron chi connectivity index (χ3n) is 3.96. The number of nitrogens with zero attached hydrogens (tertiary/aromatic N) is 3. The van der Waals surface area contributed by atoms with E-state index in [0.717, 1.165) is 25.2 Å². The van der Waals surface area contributed by atoms with Gasteiger partial charge >= 0.3 is 0 Å². The second kappa shape index (κ2) is 6.22. The van der Waals surface area contributed by atoms with Crippen LogP contribution in [0.25, 0.3) is 0 Å². The number of carbonyl (C=O) groups is 1. The van der Waals surface area contributed by atoms with Gasteiger partial charge in [0, 0.05) is 39.4 Å². The highest BCUT2D eigenvalue weighted by Gasteiger charge is 2.29. The van der Waals surface area contributed by atoms with Gasteiger partial charge in [-0.15, -0.1) is 0 Å². The van der Waals surface area contributed by atoms with Crippen molar-refractivity contribution >= 4 is 11.7 Å². The molecule has 2 N–H and O–H groups in total. The molecule has 0 aliphatic carbocycles. The number of pyridine rings is 1. The summed E-state index contributed by atoms with van der Waals surface area (Å²) in [6, 6.07) is 3.87. The highest BCUT2D eigenvalue weighted by atomic mass is 16.2. The molecule has 5 nitrogen and oxygen atoms in total. The number of piperidine rings is 1. The van der Waals surface area contributed by atoms with Crippen LogP contribution in [0.4, 0.5) is 5.82 Å². The molecule has 1 aromatic heterocycles. The van der Waals surface area contributed by atoms with Crippen molar-refractivity contribution in [3.05, 3.63) is 23.9 Å². The average Bonchev–Trinajstić information content (AvgIpc) is 2.46. The number of hydrogen-bond acceptors (Lipinski definition) is 4. The number of rotatable bonds is 3. The van der Waals surface area contributed by atoms with Crippen LogP contribution in [0.2, 0.25) is 0 Å². The first-order chi connectivity index (χ1) is 9.52. The summed E-state index contributed by atoms with van der Waals surface area (Å²) in [6.45, 7) is 3.54. The second-order valence-corrected chi connectivity index (χ2v) is 5.82. The minimum atomic E-state index is 0.0464. The molecule has 1 aliphatic rings. The van der Waals surface area contributed by atoms with Crippen molar-refractivity contribution in [2.24, 2.45) is 11.7 Å². The molecule has 1 fully saturated rings. The first-order valence-corrected chi connectivity index (χ1v) is 7.17. The van der Waals surface area contributed by atoms with Crippen LogP contribution in [0, 0.1) is 5.92 Å². The van der Waals surface area contributed by atoms with Crippen LogP contribution in [0.3, 0.4) is 0 Å². The van der Waals surface area contributed by atoms with Gasteiger partial charge in [-0.05, 0) is 30.9 Å². The van der Waals surface area contributed by atoms with E-state index in [4.69, 9.17) is 5.73 Å². The molecule has 110 valence electrons. The number of carbonyl (C=O) groups excluding carboxylic acids is 1. The van der Waals surface area contributed by atoms with Crippen LogP contribution in [-0.2, 0) is 0 Å². The fraction of sp³-hybridized carbons (Fsp3) is 0.600. The van der Waals surface area contributed by atoms with Gasteiger partial charge in [0.05, 0.1) is 5.56 Å². The Hall–Kier alpha value is -1.62. The van der Waals surface area contributed by atoms with Crippen molar-refractivity contribution in [1.82, 2.24) is 9.88 Å². The summed E-state index contributed by atoms with van der Waals surface area (Å²) in [5.41, 5.74) is 6.46. The molecule has 5 heteroatoms. The minimum Gasteiger partial charge on any atom is -0.363 e. The monoisotopic (exact) mass is 276 g/mol. The fourth-order valence-electron chi connectivity index (χ4n) is 2.69. The predicted octanol–water partition coefficient (Wildman–Crippen LogP) is 1.35. The van der Waals surface area contributed by atoms with Gasteiger partial charge in [0.1, 0.15) is 5.82 Å². The molecular weight excluding hydrogens is 252 g/mol.